The van der Waals surface area contributed by atoms with E-state index in [2.05, 4.69) is 15.3 Å². The molecule has 0 aliphatic carbocycles. The number of ether oxygens (including phenoxy) is 1. The van der Waals surface area contributed by atoms with Crippen molar-refractivity contribution in [3.63, 3.8) is 0 Å². The molecule has 0 spiro atoms. The average molecular weight is 342 g/mol. The van der Waals surface area contributed by atoms with Gasteiger partial charge >= 0.3 is 6.09 Å². The largest absolute Gasteiger partial charge is 0.508 e. The number of phenolic OH excluding ortho intramolecular Hbond substituents is 1. The summed E-state index contributed by atoms with van der Waals surface area (Å²) in [6.45, 7) is 6.35. The Kier molecular flexibility index (Phi) is 4.74. The first-order chi connectivity index (χ1) is 12.0. The molecule has 2 atom stereocenters. The molecule has 3 rings (SSSR count). The van der Waals surface area contributed by atoms with Crippen LogP contribution in [0, 0.1) is 5.92 Å². The van der Waals surface area contributed by atoms with Crippen molar-refractivity contribution in [2.75, 3.05) is 16.8 Å². The van der Waals surface area contributed by atoms with Crippen LogP contribution in [0.25, 0.3) is 0 Å². The quantitative estimate of drug-likeness (QED) is 0.866. The number of carbonyl (C=O) groups is 1. The Labute approximate surface area is 146 Å². The van der Waals surface area contributed by atoms with Crippen molar-refractivity contribution in [3.05, 3.63) is 42.1 Å². The van der Waals surface area contributed by atoms with Gasteiger partial charge in [0.2, 0.25) is 5.95 Å². The number of carbonyl (C=O) groups excluding carboxylic acids is 1. The van der Waals surface area contributed by atoms with E-state index in [1.807, 2.05) is 32.9 Å². The summed E-state index contributed by atoms with van der Waals surface area (Å²) in [6.07, 6.45) is 1.21. The number of anilines is 2. The van der Waals surface area contributed by atoms with E-state index < -0.39 is 6.09 Å². The minimum Gasteiger partial charge on any atom is -0.508 e. The van der Waals surface area contributed by atoms with Gasteiger partial charge < -0.3 is 15.2 Å². The predicted molar refractivity (Wildman–Crippen MR) is 94.6 cm³/mol. The minimum atomic E-state index is -0.392. The number of cyclic esters (lactones) is 1. The highest BCUT2D eigenvalue weighted by molar-refractivity contribution is 5.89. The van der Waals surface area contributed by atoms with E-state index in [0.717, 1.165) is 5.56 Å². The van der Waals surface area contributed by atoms with Gasteiger partial charge in [-0.05, 0) is 25.0 Å². The summed E-state index contributed by atoms with van der Waals surface area (Å²) in [7, 11) is 0. The van der Waals surface area contributed by atoms with Gasteiger partial charge in [-0.15, -0.1) is 0 Å². The molecule has 1 aromatic carbocycles. The molecule has 1 aliphatic rings. The third-order valence-corrected chi connectivity index (χ3v) is 4.31. The minimum absolute atomic E-state index is 0.0501. The first-order valence-electron chi connectivity index (χ1n) is 8.31. The van der Waals surface area contributed by atoms with Gasteiger partial charge in [0.1, 0.15) is 18.2 Å². The molecule has 2 heterocycles. The fourth-order valence-corrected chi connectivity index (χ4v) is 2.87. The van der Waals surface area contributed by atoms with E-state index >= 15 is 0 Å². The third kappa shape index (κ3) is 3.50. The molecule has 0 bridgehead atoms. The molecule has 1 fully saturated rings. The molecule has 7 nitrogen and oxygen atoms in total. The monoisotopic (exact) mass is 342 g/mol. The first-order valence-corrected chi connectivity index (χ1v) is 8.31. The lowest BCUT2D eigenvalue weighted by molar-refractivity contribution is 0.177. The van der Waals surface area contributed by atoms with Crippen LogP contribution in [0.3, 0.4) is 0 Å². The number of hydrogen-bond donors (Lipinski definition) is 2. The van der Waals surface area contributed by atoms with Gasteiger partial charge in [-0.2, -0.15) is 4.98 Å². The number of nitrogens with one attached hydrogen (secondary N) is 1. The molecule has 2 N–H and O–H groups in total. The van der Waals surface area contributed by atoms with Crippen LogP contribution >= 0.6 is 0 Å². The number of aromatic hydroxyl groups is 1. The summed E-state index contributed by atoms with van der Waals surface area (Å²) < 4.78 is 5.17. The smallest absolute Gasteiger partial charge is 0.415 e. The van der Waals surface area contributed by atoms with Gasteiger partial charge in [-0.3, -0.25) is 4.90 Å². The maximum absolute atomic E-state index is 12.1. The molecule has 1 aromatic heterocycles. The molecule has 1 saturated heterocycles. The second-order valence-electron chi connectivity index (χ2n) is 6.42. The number of amides is 1. The van der Waals surface area contributed by atoms with Crippen LogP contribution in [0.5, 0.6) is 5.75 Å². The fraction of sp³-hybridized carbons (Fsp3) is 0.389. The molecule has 2 unspecified atom stereocenters. The Morgan fingerprint density at radius 3 is 2.76 bits per heavy atom. The van der Waals surface area contributed by atoms with E-state index in [0.29, 0.717) is 18.4 Å². The van der Waals surface area contributed by atoms with Crippen molar-refractivity contribution in [2.45, 2.75) is 32.9 Å². The van der Waals surface area contributed by atoms with Crippen LogP contribution in [0.4, 0.5) is 16.6 Å². The molecule has 0 radical (unpaired) electrons. The Bertz CT molecular complexity index is 765. The molecular formula is C18H22N4O3. The van der Waals surface area contributed by atoms with E-state index in [1.54, 1.807) is 29.3 Å². The van der Waals surface area contributed by atoms with E-state index in [1.165, 1.54) is 0 Å². The van der Waals surface area contributed by atoms with Gasteiger partial charge in [0, 0.05) is 11.8 Å². The molecule has 1 amide bonds. The van der Waals surface area contributed by atoms with Gasteiger partial charge in [0.25, 0.3) is 0 Å². The highest BCUT2D eigenvalue weighted by Gasteiger charge is 2.37. The zero-order chi connectivity index (χ0) is 18.0. The Morgan fingerprint density at radius 2 is 2.04 bits per heavy atom. The van der Waals surface area contributed by atoms with Crippen LogP contribution in [0.2, 0.25) is 0 Å². The molecular weight excluding hydrogens is 320 g/mol. The van der Waals surface area contributed by atoms with E-state index in [-0.39, 0.29) is 23.8 Å². The van der Waals surface area contributed by atoms with Crippen molar-refractivity contribution in [3.8, 4) is 5.75 Å². The number of phenols is 1. The summed E-state index contributed by atoms with van der Waals surface area (Å²) in [5.74, 6) is 1.35. The van der Waals surface area contributed by atoms with Crippen molar-refractivity contribution in [1.82, 2.24) is 9.97 Å². The van der Waals surface area contributed by atoms with Crippen molar-refractivity contribution in [1.29, 1.82) is 0 Å². The Hall–Kier alpha value is -2.83. The van der Waals surface area contributed by atoms with Crippen LogP contribution < -0.4 is 10.2 Å². The Balaban J connectivity index is 1.82. The van der Waals surface area contributed by atoms with Crippen LogP contribution in [-0.4, -0.2) is 33.8 Å². The van der Waals surface area contributed by atoms with Gasteiger partial charge in [-0.25, -0.2) is 9.78 Å². The summed E-state index contributed by atoms with van der Waals surface area (Å²) in [5, 5.41) is 13.1. The van der Waals surface area contributed by atoms with Crippen molar-refractivity contribution >= 4 is 17.9 Å². The second-order valence-corrected chi connectivity index (χ2v) is 6.42. The van der Waals surface area contributed by atoms with Crippen molar-refractivity contribution < 1.29 is 14.6 Å². The highest BCUT2D eigenvalue weighted by atomic mass is 16.6. The second kappa shape index (κ2) is 6.96. The lowest BCUT2D eigenvalue weighted by atomic mass is 10.0. The van der Waals surface area contributed by atoms with Gasteiger partial charge in [-0.1, -0.05) is 32.0 Å². The summed E-state index contributed by atoms with van der Waals surface area (Å²) in [5.41, 5.74) is 0.747. The normalized spacial score (nSPS) is 18.3. The number of benzene rings is 1. The summed E-state index contributed by atoms with van der Waals surface area (Å²) in [6, 6.07) is 8.55. The topological polar surface area (TPSA) is 87.6 Å². The predicted octanol–water partition coefficient (Wildman–Crippen LogP) is 3.34. The average Bonchev–Trinajstić information content (AvgIpc) is 2.97. The zero-order valence-corrected chi connectivity index (χ0v) is 14.5. The van der Waals surface area contributed by atoms with Gasteiger partial charge in [0.05, 0.1) is 12.1 Å². The number of hydrogen-bond acceptors (Lipinski definition) is 6. The standard InChI is InChI=1S/C18H22N4O3/c1-11(2)14-10-25-18(24)22(14)16-8-9-19-17(21-16)20-12(3)13-6-4-5-7-15(13)23/h4-9,11-12,14,23H,10H2,1-3H3,(H,19,20,21). The number of para-hydroxylation sites is 1. The molecule has 25 heavy (non-hydrogen) atoms. The van der Waals surface area contributed by atoms with Gasteiger partial charge in [0.15, 0.2) is 0 Å². The molecule has 2 aromatic rings. The third-order valence-electron chi connectivity index (χ3n) is 4.31. The maximum Gasteiger partial charge on any atom is 0.415 e. The summed E-state index contributed by atoms with van der Waals surface area (Å²) in [4.78, 5) is 22.3. The molecule has 0 saturated carbocycles. The van der Waals surface area contributed by atoms with Crippen molar-refractivity contribution in [2.24, 2.45) is 5.92 Å². The summed E-state index contributed by atoms with van der Waals surface area (Å²) >= 11 is 0. The number of rotatable bonds is 5. The number of aromatic nitrogens is 2. The lowest BCUT2D eigenvalue weighted by Crippen LogP contribution is -2.37. The van der Waals surface area contributed by atoms with E-state index in [9.17, 15) is 9.90 Å². The molecule has 7 heteroatoms. The first kappa shape index (κ1) is 17.0. The van der Waals surface area contributed by atoms with Crippen LogP contribution in [-0.2, 0) is 4.74 Å². The van der Waals surface area contributed by atoms with E-state index in [4.69, 9.17) is 4.74 Å². The van der Waals surface area contributed by atoms with Crippen LogP contribution in [0.15, 0.2) is 36.5 Å². The molecule has 1 aliphatic heterocycles. The Morgan fingerprint density at radius 1 is 1.28 bits per heavy atom. The lowest BCUT2D eigenvalue weighted by Gasteiger charge is -2.24. The fourth-order valence-electron chi connectivity index (χ4n) is 2.87. The number of nitrogens with zero attached hydrogens (tertiary/aromatic N) is 3. The maximum atomic E-state index is 12.1. The SMILES string of the molecule is CC(Nc1nccc(N2C(=O)OCC2C(C)C)n1)c1ccccc1O. The highest BCUT2D eigenvalue weighted by Crippen LogP contribution is 2.28. The van der Waals surface area contributed by atoms with Crippen LogP contribution in [0.1, 0.15) is 32.4 Å². The molecule has 132 valence electrons. The zero-order valence-electron chi connectivity index (χ0n) is 14.5.